The van der Waals surface area contributed by atoms with Crippen molar-refractivity contribution in [2.45, 2.75) is 25.2 Å². The molecule has 1 N–H and O–H groups in total. The average molecular weight is 459 g/mol. The van der Waals surface area contributed by atoms with Crippen molar-refractivity contribution in [2.24, 2.45) is 0 Å². The first-order valence-corrected chi connectivity index (χ1v) is 12.0. The van der Waals surface area contributed by atoms with Gasteiger partial charge in [-0.15, -0.1) is 0 Å². The zero-order valence-electron chi connectivity index (χ0n) is 15.9. The monoisotopic (exact) mass is 458 g/mol. The molecule has 0 atom stereocenters. The second kappa shape index (κ2) is 7.51. The third kappa shape index (κ3) is 4.05. The molecular formula is C18H19ClN2O6S2. The van der Waals surface area contributed by atoms with Gasteiger partial charge in [0, 0.05) is 11.4 Å². The van der Waals surface area contributed by atoms with Crippen molar-refractivity contribution in [3.63, 3.8) is 0 Å². The molecule has 0 unspecified atom stereocenters. The van der Waals surface area contributed by atoms with Gasteiger partial charge in [0.25, 0.3) is 10.0 Å². The van der Waals surface area contributed by atoms with Gasteiger partial charge in [-0.05, 0) is 55.3 Å². The van der Waals surface area contributed by atoms with Crippen molar-refractivity contribution in [3.05, 3.63) is 46.5 Å². The van der Waals surface area contributed by atoms with Crippen LogP contribution in [0.4, 0.5) is 11.4 Å². The van der Waals surface area contributed by atoms with Crippen molar-refractivity contribution < 1.29 is 26.4 Å². The van der Waals surface area contributed by atoms with Gasteiger partial charge in [0.15, 0.2) is 0 Å². The number of sulfonamides is 2. The van der Waals surface area contributed by atoms with Gasteiger partial charge in [-0.3, -0.25) is 9.52 Å². The maximum atomic E-state index is 13.0. The summed E-state index contributed by atoms with van der Waals surface area (Å²) in [7, 11) is -6.39. The number of nitrogens with one attached hydrogen (secondary N) is 1. The van der Waals surface area contributed by atoms with Crippen molar-refractivity contribution >= 4 is 48.9 Å². The molecule has 1 heterocycles. The highest BCUT2D eigenvalue weighted by atomic mass is 35.5. The molecule has 1 aliphatic heterocycles. The lowest BCUT2D eigenvalue weighted by Gasteiger charge is -2.20. The Morgan fingerprint density at radius 3 is 2.28 bits per heavy atom. The van der Waals surface area contributed by atoms with Gasteiger partial charge >= 0.3 is 0 Å². The fraction of sp³-hybridized carbons (Fsp3) is 0.278. The molecule has 2 aromatic carbocycles. The lowest BCUT2D eigenvalue weighted by atomic mass is 10.1. The van der Waals surface area contributed by atoms with E-state index in [1.54, 1.807) is 6.07 Å². The number of amides is 1. The van der Waals surface area contributed by atoms with Crippen LogP contribution in [0.3, 0.4) is 0 Å². The average Bonchev–Trinajstić information content (AvgIpc) is 2.86. The Kier molecular flexibility index (Phi) is 5.54. The molecule has 1 amide bonds. The number of anilines is 2. The second-order valence-electron chi connectivity index (χ2n) is 6.58. The van der Waals surface area contributed by atoms with Gasteiger partial charge in [-0.1, -0.05) is 11.6 Å². The van der Waals surface area contributed by atoms with E-state index in [4.69, 9.17) is 16.3 Å². The molecule has 156 valence electrons. The first-order chi connectivity index (χ1) is 13.5. The number of ether oxygens (including phenoxy) is 1. The Balaban J connectivity index is 2.06. The van der Waals surface area contributed by atoms with Gasteiger partial charge in [0.1, 0.15) is 5.75 Å². The van der Waals surface area contributed by atoms with Crippen LogP contribution in [0.1, 0.15) is 17.5 Å². The molecule has 0 aromatic heterocycles. The standard InChI is InChI=1S/C18H19ClN2O6S2/c1-11-8-14(21-17(22)6-7-28(21,23)24)9-12(2)18(11)29(25,26)20-15-10-13(19)4-5-16(15)27-3/h4-5,8-10,20H,6-7H2,1-3H3. The fourth-order valence-electron chi connectivity index (χ4n) is 3.29. The SMILES string of the molecule is COc1ccc(Cl)cc1NS(=O)(=O)c1c(C)cc(N2C(=O)CCS2(=O)=O)cc1C. The van der Waals surface area contributed by atoms with E-state index in [0.29, 0.717) is 21.9 Å². The van der Waals surface area contributed by atoms with Crippen molar-refractivity contribution in [1.82, 2.24) is 0 Å². The molecule has 2 aromatic rings. The summed E-state index contributed by atoms with van der Waals surface area (Å²) in [6, 6.07) is 7.27. The van der Waals surface area contributed by atoms with Crippen LogP contribution in [0.5, 0.6) is 5.75 Å². The minimum atomic E-state index is -4.05. The highest BCUT2D eigenvalue weighted by Crippen LogP contribution is 2.34. The van der Waals surface area contributed by atoms with Crippen LogP contribution in [0.25, 0.3) is 0 Å². The summed E-state index contributed by atoms with van der Waals surface area (Å²) in [5.41, 5.74) is 0.883. The predicted molar refractivity (Wildman–Crippen MR) is 111 cm³/mol. The third-order valence-electron chi connectivity index (χ3n) is 4.43. The van der Waals surface area contributed by atoms with E-state index in [-0.39, 0.29) is 28.4 Å². The maximum Gasteiger partial charge on any atom is 0.262 e. The first-order valence-electron chi connectivity index (χ1n) is 8.50. The highest BCUT2D eigenvalue weighted by molar-refractivity contribution is 7.94. The number of carbonyl (C=O) groups excluding carboxylic acids is 1. The van der Waals surface area contributed by atoms with Gasteiger partial charge in [-0.25, -0.2) is 21.1 Å². The normalized spacial score (nSPS) is 16.1. The summed E-state index contributed by atoms with van der Waals surface area (Å²) in [5.74, 6) is -0.514. The van der Waals surface area contributed by atoms with E-state index < -0.39 is 26.0 Å². The van der Waals surface area contributed by atoms with Crippen LogP contribution >= 0.6 is 11.6 Å². The van der Waals surface area contributed by atoms with Crippen molar-refractivity contribution in [2.75, 3.05) is 21.9 Å². The molecule has 1 fully saturated rings. The van der Waals surface area contributed by atoms with E-state index >= 15 is 0 Å². The number of halogens is 1. The molecule has 29 heavy (non-hydrogen) atoms. The van der Waals surface area contributed by atoms with E-state index in [2.05, 4.69) is 4.72 Å². The summed E-state index contributed by atoms with van der Waals surface area (Å²) in [6.45, 7) is 3.07. The second-order valence-corrected chi connectivity index (χ2v) is 10.6. The van der Waals surface area contributed by atoms with Crippen LogP contribution in [0.15, 0.2) is 35.2 Å². The molecule has 8 nitrogen and oxygen atoms in total. The van der Waals surface area contributed by atoms with Gasteiger partial charge < -0.3 is 4.74 Å². The highest BCUT2D eigenvalue weighted by Gasteiger charge is 2.37. The molecule has 0 bridgehead atoms. The Bertz CT molecular complexity index is 1190. The number of aryl methyl sites for hydroxylation is 2. The van der Waals surface area contributed by atoms with E-state index in [9.17, 15) is 21.6 Å². The quantitative estimate of drug-likeness (QED) is 0.737. The summed E-state index contributed by atoms with van der Waals surface area (Å²) >= 11 is 5.96. The molecule has 3 rings (SSSR count). The first kappa shape index (κ1) is 21.4. The number of hydrogen-bond donors (Lipinski definition) is 1. The molecule has 0 aliphatic carbocycles. The summed E-state index contributed by atoms with van der Waals surface area (Å²) < 4.78 is 58.8. The van der Waals surface area contributed by atoms with E-state index in [1.807, 2.05) is 0 Å². The van der Waals surface area contributed by atoms with Crippen LogP contribution in [-0.4, -0.2) is 35.6 Å². The minimum Gasteiger partial charge on any atom is -0.495 e. The number of nitrogens with zero attached hydrogens (tertiary/aromatic N) is 1. The number of benzene rings is 2. The molecule has 0 saturated carbocycles. The zero-order valence-corrected chi connectivity index (χ0v) is 18.3. The molecule has 0 radical (unpaired) electrons. The zero-order chi connectivity index (χ0) is 21.6. The summed E-state index contributed by atoms with van der Waals surface area (Å²) in [4.78, 5) is 12.0. The minimum absolute atomic E-state index is 0.0210. The van der Waals surface area contributed by atoms with Crippen molar-refractivity contribution in [1.29, 1.82) is 0 Å². The van der Waals surface area contributed by atoms with E-state index in [0.717, 1.165) is 4.31 Å². The topological polar surface area (TPSA) is 110 Å². The van der Waals surface area contributed by atoms with Crippen LogP contribution in [0.2, 0.25) is 5.02 Å². The molecule has 11 heteroatoms. The fourth-order valence-corrected chi connectivity index (χ4v) is 6.43. The molecule has 1 saturated heterocycles. The van der Waals surface area contributed by atoms with Gasteiger partial charge in [-0.2, -0.15) is 0 Å². The largest absolute Gasteiger partial charge is 0.495 e. The van der Waals surface area contributed by atoms with Gasteiger partial charge in [0.2, 0.25) is 15.9 Å². The molecule has 0 spiro atoms. The molecular weight excluding hydrogens is 440 g/mol. The van der Waals surface area contributed by atoms with Crippen LogP contribution < -0.4 is 13.8 Å². The number of carbonyl (C=O) groups is 1. The molecule has 1 aliphatic rings. The lowest BCUT2D eigenvalue weighted by Crippen LogP contribution is -2.29. The Morgan fingerprint density at radius 1 is 1.14 bits per heavy atom. The number of rotatable bonds is 5. The third-order valence-corrected chi connectivity index (χ3v) is 8.03. The van der Waals surface area contributed by atoms with Crippen molar-refractivity contribution in [3.8, 4) is 5.75 Å². The Labute approximate surface area is 174 Å². The lowest BCUT2D eigenvalue weighted by molar-refractivity contribution is -0.116. The number of methoxy groups -OCH3 is 1. The maximum absolute atomic E-state index is 13.0. The summed E-state index contributed by atoms with van der Waals surface area (Å²) in [5, 5.41) is 0.324. The Morgan fingerprint density at radius 2 is 1.76 bits per heavy atom. The smallest absolute Gasteiger partial charge is 0.262 e. The summed E-state index contributed by atoms with van der Waals surface area (Å²) in [6.07, 6.45) is -0.101. The number of hydrogen-bond acceptors (Lipinski definition) is 6. The predicted octanol–water partition coefficient (Wildman–Crippen LogP) is 2.83. The van der Waals surface area contributed by atoms with E-state index in [1.165, 1.54) is 45.2 Å². The Hall–Kier alpha value is -2.30. The van der Waals surface area contributed by atoms with Crippen LogP contribution in [-0.2, 0) is 24.8 Å². The van der Waals surface area contributed by atoms with Gasteiger partial charge in [0.05, 0.1) is 29.1 Å². The van der Waals surface area contributed by atoms with Crippen LogP contribution in [0, 0.1) is 13.8 Å².